The lowest BCUT2D eigenvalue weighted by Gasteiger charge is -2.29. The maximum absolute atomic E-state index is 13.1. The van der Waals surface area contributed by atoms with Crippen LogP contribution in [0.15, 0.2) is 42.5 Å². The molecule has 0 unspecified atom stereocenters. The summed E-state index contributed by atoms with van der Waals surface area (Å²) in [5.41, 5.74) is 1.82. The first-order chi connectivity index (χ1) is 17.7. The number of imide groups is 1. The van der Waals surface area contributed by atoms with Crippen LogP contribution in [0.25, 0.3) is 0 Å². The van der Waals surface area contributed by atoms with Crippen molar-refractivity contribution in [3.63, 3.8) is 0 Å². The maximum Gasteiger partial charge on any atom is 0.316 e. The second kappa shape index (κ2) is 10.2. The summed E-state index contributed by atoms with van der Waals surface area (Å²) in [4.78, 5) is 54.9. The highest BCUT2D eigenvalue weighted by Crippen LogP contribution is 2.45. The van der Waals surface area contributed by atoms with Crippen LogP contribution in [0.4, 0.5) is 11.4 Å². The molecule has 10 heteroatoms. The van der Waals surface area contributed by atoms with Crippen LogP contribution in [0.2, 0.25) is 0 Å². The van der Waals surface area contributed by atoms with Crippen molar-refractivity contribution in [1.82, 2.24) is 0 Å². The number of hydrogen-bond acceptors (Lipinski definition) is 6. The van der Waals surface area contributed by atoms with Gasteiger partial charge in [0.15, 0.2) is 0 Å². The van der Waals surface area contributed by atoms with Gasteiger partial charge in [0.25, 0.3) is 0 Å². The number of alkyl halides is 2. The zero-order valence-electron chi connectivity index (χ0n) is 20.4. The molecular formula is C27H26Br2N2O6. The van der Waals surface area contributed by atoms with Crippen molar-refractivity contribution < 1.29 is 28.7 Å². The van der Waals surface area contributed by atoms with Gasteiger partial charge in [-0.3, -0.25) is 19.2 Å². The average Bonchev–Trinajstić information content (AvgIpc) is 3.37. The molecule has 0 bridgehead atoms. The standard InChI is InChI=1S/C27H26Br2N2O6/c1-14-8-18(6-7-23(14)31-25(33)19-11-21(28)22(29)12-20(19)26(31)34)37-27(35)15-9-24(32)30(13-15)16-4-3-5-17(10-16)36-2/h3-8,10,15,19-22H,9,11-13H2,1-2H3/t15-,19-,20+,21+,22+/m1/s1. The fourth-order valence-electron chi connectivity index (χ4n) is 5.37. The Bertz CT molecular complexity index is 1260. The molecule has 2 saturated heterocycles. The molecule has 0 radical (unpaired) electrons. The molecule has 194 valence electrons. The van der Waals surface area contributed by atoms with Gasteiger partial charge < -0.3 is 14.4 Å². The van der Waals surface area contributed by atoms with E-state index in [0.717, 1.165) is 0 Å². The van der Waals surface area contributed by atoms with E-state index < -0.39 is 11.9 Å². The van der Waals surface area contributed by atoms with Crippen molar-refractivity contribution in [2.24, 2.45) is 17.8 Å². The fourth-order valence-corrected chi connectivity index (χ4v) is 6.60. The second-order valence-electron chi connectivity index (χ2n) is 9.70. The van der Waals surface area contributed by atoms with E-state index in [-0.39, 0.29) is 52.2 Å². The van der Waals surface area contributed by atoms with Crippen LogP contribution in [-0.2, 0) is 19.2 Å². The highest BCUT2D eigenvalue weighted by atomic mass is 79.9. The van der Waals surface area contributed by atoms with E-state index in [2.05, 4.69) is 31.9 Å². The first-order valence-corrected chi connectivity index (χ1v) is 13.9. The summed E-state index contributed by atoms with van der Waals surface area (Å²) in [7, 11) is 1.55. The van der Waals surface area contributed by atoms with Crippen LogP contribution in [0.1, 0.15) is 24.8 Å². The van der Waals surface area contributed by atoms with E-state index in [0.29, 0.717) is 41.3 Å². The average molecular weight is 634 g/mol. The lowest BCUT2D eigenvalue weighted by Crippen LogP contribution is -2.34. The second-order valence-corrected chi connectivity index (χ2v) is 12.1. The van der Waals surface area contributed by atoms with Crippen LogP contribution in [0.5, 0.6) is 11.5 Å². The fraction of sp³-hybridized carbons (Fsp3) is 0.407. The van der Waals surface area contributed by atoms with Crippen molar-refractivity contribution in [1.29, 1.82) is 0 Å². The number of nitrogens with zero attached hydrogens (tertiary/aromatic N) is 2. The highest BCUT2D eigenvalue weighted by Gasteiger charge is 2.52. The Kier molecular flexibility index (Phi) is 7.15. The van der Waals surface area contributed by atoms with E-state index in [1.807, 2.05) is 0 Å². The van der Waals surface area contributed by atoms with Crippen LogP contribution in [0.3, 0.4) is 0 Å². The Labute approximate surface area is 231 Å². The topological polar surface area (TPSA) is 93.2 Å². The minimum absolute atomic E-state index is 0.0514. The molecule has 37 heavy (non-hydrogen) atoms. The molecule has 5 atom stereocenters. The molecule has 1 saturated carbocycles. The van der Waals surface area contributed by atoms with E-state index in [9.17, 15) is 19.2 Å². The molecule has 2 aromatic rings. The number of hydrogen-bond donors (Lipinski definition) is 0. The number of methoxy groups -OCH3 is 1. The molecule has 8 nitrogen and oxygen atoms in total. The Morgan fingerprint density at radius 1 is 0.946 bits per heavy atom. The summed E-state index contributed by atoms with van der Waals surface area (Å²) in [6.45, 7) is 1.99. The molecule has 5 rings (SSSR count). The minimum atomic E-state index is -0.613. The molecule has 3 amide bonds. The van der Waals surface area contributed by atoms with E-state index in [1.54, 1.807) is 61.4 Å². The molecule has 0 aromatic heterocycles. The van der Waals surface area contributed by atoms with E-state index in [1.165, 1.54) is 4.90 Å². The first-order valence-electron chi connectivity index (χ1n) is 12.1. The number of ether oxygens (including phenoxy) is 2. The van der Waals surface area contributed by atoms with Gasteiger partial charge >= 0.3 is 5.97 Å². The summed E-state index contributed by atoms with van der Waals surface area (Å²) in [5, 5.41) is 0. The predicted octanol–water partition coefficient (Wildman–Crippen LogP) is 4.39. The summed E-state index contributed by atoms with van der Waals surface area (Å²) in [5.74, 6) is -1.40. The Morgan fingerprint density at radius 3 is 2.24 bits per heavy atom. The van der Waals surface area contributed by atoms with Gasteiger partial charge in [-0.15, -0.1) is 0 Å². The van der Waals surface area contributed by atoms with Crippen LogP contribution in [-0.4, -0.2) is 47.0 Å². The summed E-state index contributed by atoms with van der Waals surface area (Å²) in [6.07, 6.45) is 1.25. The third-order valence-corrected chi connectivity index (χ3v) is 10.1. The van der Waals surface area contributed by atoms with Crippen molar-refractivity contribution in [2.45, 2.75) is 35.8 Å². The van der Waals surface area contributed by atoms with Gasteiger partial charge in [-0.2, -0.15) is 0 Å². The number of rotatable bonds is 5. The van der Waals surface area contributed by atoms with Crippen molar-refractivity contribution in [2.75, 3.05) is 23.5 Å². The van der Waals surface area contributed by atoms with Gasteiger partial charge in [0, 0.05) is 34.4 Å². The lowest BCUT2D eigenvalue weighted by molar-refractivity contribution is -0.139. The first kappa shape index (κ1) is 25.9. The van der Waals surface area contributed by atoms with Crippen LogP contribution in [0, 0.1) is 24.7 Å². The number of carbonyl (C=O) groups is 4. The molecule has 0 spiro atoms. The highest BCUT2D eigenvalue weighted by molar-refractivity contribution is 9.12. The van der Waals surface area contributed by atoms with Gasteiger partial charge in [0.05, 0.1) is 30.6 Å². The summed E-state index contributed by atoms with van der Waals surface area (Å²) in [6, 6.07) is 12.0. The smallest absolute Gasteiger partial charge is 0.316 e. The Hall–Kier alpha value is -2.72. The SMILES string of the molecule is COc1cccc(N2C[C@H](C(=O)Oc3ccc(N4C(=O)[C@H]5C[C@H](Br)[C@@H](Br)C[C@H]5C4=O)c(C)c3)CC2=O)c1. The third-order valence-electron chi connectivity index (χ3n) is 7.36. The normalized spacial score (nSPS) is 27.5. The molecule has 0 N–H and O–H groups in total. The Balaban J connectivity index is 1.28. The number of esters is 1. The van der Waals surface area contributed by atoms with E-state index in [4.69, 9.17) is 9.47 Å². The van der Waals surface area contributed by atoms with Gasteiger partial charge in [0.1, 0.15) is 11.5 Å². The van der Waals surface area contributed by atoms with Gasteiger partial charge in [-0.25, -0.2) is 4.90 Å². The van der Waals surface area contributed by atoms with Crippen molar-refractivity contribution >= 4 is 66.9 Å². The van der Waals surface area contributed by atoms with E-state index >= 15 is 0 Å². The number of halogens is 2. The number of anilines is 2. The quantitative estimate of drug-likeness (QED) is 0.210. The van der Waals surface area contributed by atoms with Gasteiger partial charge in [-0.05, 0) is 55.7 Å². The minimum Gasteiger partial charge on any atom is -0.497 e. The molecule has 1 aliphatic carbocycles. The zero-order valence-corrected chi connectivity index (χ0v) is 23.5. The number of fused-ring (bicyclic) bond motifs is 1. The predicted molar refractivity (Wildman–Crippen MR) is 144 cm³/mol. The largest absolute Gasteiger partial charge is 0.497 e. The Morgan fingerprint density at radius 2 is 1.62 bits per heavy atom. The third kappa shape index (κ3) is 4.81. The molecule has 3 aliphatic rings. The van der Waals surface area contributed by atoms with Gasteiger partial charge in [0.2, 0.25) is 17.7 Å². The number of carbonyl (C=O) groups excluding carboxylic acids is 4. The number of aryl methyl sites for hydroxylation is 1. The van der Waals surface area contributed by atoms with Crippen LogP contribution < -0.4 is 19.3 Å². The zero-order chi connectivity index (χ0) is 26.4. The van der Waals surface area contributed by atoms with Crippen LogP contribution >= 0.6 is 31.9 Å². The van der Waals surface area contributed by atoms with Crippen molar-refractivity contribution in [3.05, 3.63) is 48.0 Å². The molecule has 2 aromatic carbocycles. The maximum atomic E-state index is 13.1. The molecule has 3 fully saturated rings. The number of benzene rings is 2. The molecule has 2 heterocycles. The van der Waals surface area contributed by atoms with Crippen molar-refractivity contribution in [3.8, 4) is 11.5 Å². The summed E-state index contributed by atoms with van der Waals surface area (Å²) < 4.78 is 10.8. The monoisotopic (exact) mass is 632 g/mol. The molecule has 2 aliphatic heterocycles. The molecular weight excluding hydrogens is 608 g/mol. The number of amides is 3. The summed E-state index contributed by atoms with van der Waals surface area (Å²) >= 11 is 7.22. The lowest BCUT2D eigenvalue weighted by atomic mass is 9.81. The van der Waals surface area contributed by atoms with Gasteiger partial charge in [-0.1, -0.05) is 37.9 Å².